The molecule has 0 saturated carbocycles. The van der Waals surface area contributed by atoms with Crippen molar-refractivity contribution < 1.29 is 0 Å². The standard InChI is InChI=1S/C13H15BrN2S/c1-8-4-11(14)6-12(5-8)15-9(2)13-7-17-10(3)16-13/h4-7,9,15H,1-3H3. The van der Waals surface area contributed by atoms with Crippen LogP contribution in [0.25, 0.3) is 0 Å². The number of halogens is 1. The zero-order valence-corrected chi connectivity index (χ0v) is 12.5. The third kappa shape index (κ3) is 3.30. The van der Waals surface area contributed by atoms with Gasteiger partial charge in [0.15, 0.2) is 0 Å². The zero-order chi connectivity index (χ0) is 12.4. The molecule has 0 bridgehead atoms. The lowest BCUT2D eigenvalue weighted by molar-refractivity contribution is 0.845. The number of anilines is 1. The average molecular weight is 311 g/mol. The quantitative estimate of drug-likeness (QED) is 0.889. The molecule has 0 spiro atoms. The summed E-state index contributed by atoms with van der Waals surface area (Å²) in [7, 11) is 0. The average Bonchev–Trinajstić information content (AvgIpc) is 2.63. The van der Waals surface area contributed by atoms with Crippen LogP contribution in [0.15, 0.2) is 28.1 Å². The monoisotopic (exact) mass is 310 g/mol. The van der Waals surface area contributed by atoms with Crippen molar-refractivity contribution in [1.82, 2.24) is 4.98 Å². The van der Waals surface area contributed by atoms with E-state index in [0.29, 0.717) is 0 Å². The van der Waals surface area contributed by atoms with Gasteiger partial charge >= 0.3 is 0 Å². The van der Waals surface area contributed by atoms with Gasteiger partial charge in [-0.2, -0.15) is 0 Å². The summed E-state index contributed by atoms with van der Waals surface area (Å²) < 4.78 is 1.10. The fourth-order valence-electron chi connectivity index (χ4n) is 1.72. The van der Waals surface area contributed by atoms with Crippen LogP contribution in [0.4, 0.5) is 5.69 Å². The molecule has 90 valence electrons. The Labute approximate surface area is 114 Å². The summed E-state index contributed by atoms with van der Waals surface area (Å²) >= 11 is 5.20. The minimum Gasteiger partial charge on any atom is -0.377 e. The van der Waals surface area contributed by atoms with Crippen LogP contribution in [-0.4, -0.2) is 4.98 Å². The molecule has 0 radical (unpaired) electrons. The van der Waals surface area contributed by atoms with E-state index < -0.39 is 0 Å². The largest absolute Gasteiger partial charge is 0.377 e. The molecule has 0 aliphatic heterocycles. The number of nitrogens with one attached hydrogen (secondary N) is 1. The summed E-state index contributed by atoms with van der Waals surface area (Å²) in [6.07, 6.45) is 0. The molecule has 1 N–H and O–H groups in total. The van der Waals surface area contributed by atoms with Crippen LogP contribution in [-0.2, 0) is 0 Å². The number of thiazole rings is 1. The number of aryl methyl sites for hydroxylation is 2. The van der Waals surface area contributed by atoms with Crippen LogP contribution >= 0.6 is 27.3 Å². The molecule has 0 saturated heterocycles. The molecule has 2 aromatic rings. The molecule has 1 unspecified atom stereocenters. The van der Waals surface area contributed by atoms with Gasteiger partial charge in [-0.15, -0.1) is 11.3 Å². The summed E-state index contributed by atoms with van der Waals surface area (Å²) in [4.78, 5) is 4.50. The predicted octanol–water partition coefficient (Wildman–Crippen LogP) is 4.70. The van der Waals surface area contributed by atoms with Crippen molar-refractivity contribution in [3.05, 3.63) is 44.3 Å². The first-order valence-electron chi connectivity index (χ1n) is 5.50. The number of benzene rings is 1. The molecule has 1 atom stereocenters. The molecule has 1 heterocycles. The van der Waals surface area contributed by atoms with E-state index in [1.165, 1.54) is 5.56 Å². The van der Waals surface area contributed by atoms with Crippen molar-refractivity contribution in [3.63, 3.8) is 0 Å². The van der Waals surface area contributed by atoms with Crippen LogP contribution in [0.5, 0.6) is 0 Å². The summed E-state index contributed by atoms with van der Waals surface area (Å²) in [5.41, 5.74) is 3.46. The van der Waals surface area contributed by atoms with Gasteiger partial charge in [0.1, 0.15) is 0 Å². The van der Waals surface area contributed by atoms with Crippen molar-refractivity contribution in [2.75, 3.05) is 5.32 Å². The Morgan fingerprint density at radius 1 is 1.29 bits per heavy atom. The minimum absolute atomic E-state index is 0.230. The summed E-state index contributed by atoms with van der Waals surface area (Å²) in [6.45, 7) is 6.25. The number of aromatic nitrogens is 1. The van der Waals surface area contributed by atoms with Gasteiger partial charge in [-0.25, -0.2) is 4.98 Å². The maximum atomic E-state index is 4.50. The van der Waals surface area contributed by atoms with Gasteiger partial charge in [-0.05, 0) is 44.5 Å². The number of hydrogen-bond donors (Lipinski definition) is 1. The van der Waals surface area contributed by atoms with E-state index in [4.69, 9.17) is 0 Å². The Hall–Kier alpha value is -0.870. The molecule has 4 heteroatoms. The highest BCUT2D eigenvalue weighted by molar-refractivity contribution is 9.10. The molecule has 0 amide bonds. The zero-order valence-electron chi connectivity index (χ0n) is 10.1. The van der Waals surface area contributed by atoms with Crippen molar-refractivity contribution in [3.8, 4) is 0 Å². The van der Waals surface area contributed by atoms with Gasteiger partial charge in [0, 0.05) is 15.5 Å². The Bertz CT molecular complexity index is 502. The molecule has 0 fully saturated rings. The Kier molecular flexibility index (Phi) is 3.84. The van der Waals surface area contributed by atoms with Crippen LogP contribution in [0.3, 0.4) is 0 Å². The van der Waals surface area contributed by atoms with E-state index >= 15 is 0 Å². The first-order chi connectivity index (χ1) is 8.04. The molecule has 1 aromatic heterocycles. The molecule has 0 aliphatic carbocycles. The summed E-state index contributed by atoms with van der Waals surface area (Å²) in [5, 5.41) is 6.69. The van der Waals surface area contributed by atoms with Gasteiger partial charge in [0.05, 0.1) is 16.7 Å². The third-order valence-electron chi connectivity index (χ3n) is 2.51. The topological polar surface area (TPSA) is 24.9 Å². The normalized spacial score (nSPS) is 12.5. The molecular weight excluding hydrogens is 296 g/mol. The molecule has 2 rings (SSSR count). The van der Waals surface area contributed by atoms with Crippen molar-refractivity contribution in [2.45, 2.75) is 26.8 Å². The second-order valence-electron chi connectivity index (χ2n) is 4.17. The summed E-state index contributed by atoms with van der Waals surface area (Å²) in [5.74, 6) is 0. The van der Waals surface area contributed by atoms with Crippen molar-refractivity contribution >= 4 is 33.0 Å². The highest BCUT2D eigenvalue weighted by Gasteiger charge is 2.09. The van der Waals surface area contributed by atoms with E-state index in [1.54, 1.807) is 11.3 Å². The fraction of sp³-hybridized carbons (Fsp3) is 0.308. The highest BCUT2D eigenvalue weighted by Crippen LogP contribution is 2.24. The molecule has 1 aromatic carbocycles. The maximum absolute atomic E-state index is 4.50. The van der Waals surface area contributed by atoms with Crippen LogP contribution in [0.1, 0.15) is 29.2 Å². The molecule has 17 heavy (non-hydrogen) atoms. The lowest BCUT2D eigenvalue weighted by atomic mass is 10.2. The Morgan fingerprint density at radius 3 is 2.65 bits per heavy atom. The van der Waals surface area contributed by atoms with Crippen LogP contribution < -0.4 is 5.32 Å². The first-order valence-corrected chi connectivity index (χ1v) is 7.17. The predicted molar refractivity (Wildman–Crippen MR) is 77.8 cm³/mol. The molecule has 2 nitrogen and oxygen atoms in total. The number of rotatable bonds is 3. The van der Waals surface area contributed by atoms with Crippen LogP contribution in [0.2, 0.25) is 0 Å². The molecule has 0 aliphatic rings. The lowest BCUT2D eigenvalue weighted by Crippen LogP contribution is -2.07. The van der Waals surface area contributed by atoms with Crippen molar-refractivity contribution in [1.29, 1.82) is 0 Å². The third-order valence-corrected chi connectivity index (χ3v) is 3.76. The van der Waals surface area contributed by atoms with E-state index in [9.17, 15) is 0 Å². The second-order valence-corrected chi connectivity index (χ2v) is 6.15. The number of nitrogens with zero attached hydrogens (tertiary/aromatic N) is 1. The second kappa shape index (κ2) is 5.19. The van der Waals surface area contributed by atoms with Gasteiger partial charge in [0.25, 0.3) is 0 Å². The number of hydrogen-bond acceptors (Lipinski definition) is 3. The van der Waals surface area contributed by atoms with Gasteiger partial charge in [0.2, 0.25) is 0 Å². The van der Waals surface area contributed by atoms with Gasteiger partial charge < -0.3 is 5.32 Å². The maximum Gasteiger partial charge on any atom is 0.0898 e. The van der Waals surface area contributed by atoms with E-state index in [1.807, 2.05) is 6.92 Å². The van der Waals surface area contributed by atoms with Crippen molar-refractivity contribution in [2.24, 2.45) is 0 Å². The lowest BCUT2D eigenvalue weighted by Gasteiger charge is -2.14. The van der Waals surface area contributed by atoms with E-state index in [2.05, 4.69) is 63.7 Å². The highest BCUT2D eigenvalue weighted by atomic mass is 79.9. The fourth-order valence-corrected chi connectivity index (χ4v) is 3.04. The van der Waals surface area contributed by atoms with Gasteiger partial charge in [-0.3, -0.25) is 0 Å². The summed E-state index contributed by atoms with van der Waals surface area (Å²) in [6, 6.07) is 6.56. The Morgan fingerprint density at radius 2 is 2.06 bits per heavy atom. The molecular formula is C13H15BrN2S. The smallest absolute Gasteiger partial charge is 0.0898 e. The van der Waals surface area contributed by atoms with E-state index in [0.717, 1.165) is 20.9 Å². The first kappa shape index (κ1) is 12.6. The minimum atomic E-state index is 0.230. The van der Waals surface area contributed by atoms with E-state index in [-0.39, 0.29) is 6.04 Å². The van der Waals surface area contributed by atoms with Crippen LogP contribution in [0, 0.1) is 13.8 Å². The SMILES string of the molecule is Cc1cc(Br)cc(NC(C)c2csc(C)n2)c1. The Balaban J connectivity index is 2.15. The van der Waals surface area contributed by atoms with Gasteiger partial charge in [-0.1, -0.05) is 15.9 Å².